The van der Waals surface area contributed by atoms with E-state index >= 15 is 0 Å². The maximum atomic E-state index is 12.3. The first kappa shape index (κ1) is 15.6. The summed E-state index contributed by atoms with van der Waals surface area (Å²) in [5, 5.41) is 15.2. The lowest BCUT2D eigenvalue weighted by atomic mass is 10.1. The van der Waals surface area contributed by atoms with E-state index < -0.39 is 22.8 Å². The Bertz CT molecular complexity index is 798. The van der Waals surface area contributed by atoms with Crippen molar-refractivity contribution in [1.29, 1.82) is 0 Å². The van der Waals surface area contributed by atoms with E-state index in [0.29, 0.717) is 19.0 Å². The first-order valence-electron chi connectivity index (χ1n) is 7.05. The van der Waals surface area contributed by atoms with Gasteiger partial charge in [-0.15, -0.1) is 11.3 Å². The average Bonchev–Trinajstić information content (AvgIpc) is 3.02. The molecule has 0 bridgehead atoms. The lowest BCUT2D eigenvalue weighted by molar-refractivity contribution is -0.0566. The van der Waals surface area contributed by atoms with E-state index in [-0.39, 0.29) is 12.2 Å². The van der Waals surface area contributed by atoms with Crippen LogP contribution in [0.3, 0.4) is 0 Å². The summed E-state index contributed by atoms with van der Waals surface area (Å²) >= 11 is 1.40. The molecule has 9 heteroatoms. The topological polar surface area (TPSA) is 106 Å². The number of amides is 1. The summed E-state index contributed by atoms with van der Waals surface area (Å²) in [5.41, 5.74) is -1.74. The van der Waals surface area contributed by atoms with Crippen molar-refractivity contribution in [2.45, 2.75) is 32.5 Å². The Labute approximate surface area is 135 Å². The first-order chi connectivity index (χ1) is 10.9. The molecule has 2 aromatic heterocycles. The highest BCUT2D eigenvalue weighted by atomic mass is 32.1. The average molecular weight is 336 g/mol. The number of aromatic hydroxyl groups is 1. The van der Waals surface area contributed by atoms with Crippen molar-refractivity contribution in [1.82, 2.24) is 19.9 Å². The Hall–Kier alpha value is -2.26. The Morgan fingerprint density at radius 3 is 3.04 bits per heavy atom. The molecule has 0 spiro atoms. The minimum absolute atomic E-state index is 0.204. The van der Waals surface area contributed by atoms with Crippen LogP contribution in [-0.2, 0) is 23.4 Å². The van der Waals surface area contributed by atoms with Crippen molar-refractivity contribution >= 4 is 17.2 Å². The van der Waals surface area contributed by atoms with E-state index in [1.54, 1.807) is 25.4 Å². The molecule has 23 heavy (non-hydrogen) atoms. The number of carbonyl (C=O) groups excluding carboxylic acids is 1. The summed E-state index contributed by atoms with van der Waals surface area (Å²) in [6, 6.07) is 0. The van der Waals surface area contributed by atoms with Gasteiger partial charge in [-0.3, -0.25) is 14.2 Å². The van der Waals surface area contributed by atoms with Crippen LogP contribution in [0.2, 0.25) is 0 Å². The fourth-order valence-electron chi connectivity index (χ4n) is 2.41. The molecule has 1 amide bonds. The van der Waals surface area contributed by atoms with Gasteiger partial charge in [0.1, 0.15) is 16.4 Å². The van der Waals surface area contributed by atoms with Crippen molar-refractivity contribution in [3.05, 3.63) is 38.5 Å². The second-order valence-corrected chi connectivity index (χ2v) is 6.54. The molecule has 0 fully saturated rings. The molecule has 0 unspecified atom stereocenters. The number of hydrogen-bond donors (Lipinski definition) is 2. The van der Waals surface area contributed by atoms with E-state index in [9.17, 15) is 14.7 Å². The van der Waals surface area contributed by atoms with Gasteiger partial charge in [0.25, 0.3) is 11.5 Å². The molecule has 0 atom stereocenters. The number of thiazole rings is 1. The molecule has 3 rings (SSSR count). The Balaban J connectivity index is 1.95. The Morgan fingerprint density at radius 2 is 2.35 bits per heavy atom. The van der Waals surface area contributed by atoms with Crippen LogP contribution in [0, 0.1) is 0 Å². The molecule has 1 aliphatic heterocycles. The second-order valence-electron chi connectivity index (χ2n) is 5.56. The van der Waals surface area contributed by atoms with Crippen LogP contribution in [0.25, 0.3) is 0 Å². The number of fused-ring (bicyclic) bond motifs is 1. The third-order valence-corrected chi connectivity index (χ3v) is 4.34. The molecule has 3 heterocycles. The van der Waals surface area contributed by atoms with Gasteiger partial charge >= 0.3 is 0 Å². The van der Waals surface area contributed by atoms with E-state index in [4.69, 9.17) is 4.74 Å². The van der Waals surface area contributed by atoms with Gasteiger partial charge in [-0.1, -0.05) is 0 Å². The zero-order chi connectivity index (χ0) is 16.6. The summed E-state index contributed by atoms with van der Waals surface area (Å²) in [5.74, 6) is -0.950. The number of rotatable bonds is 3. The number of nitrogens with zero attached hydrogens (tertiary/aromatic N) is 3. The molecule has 1 aliphatic rings. The van der Waals surface area contributed by atoms with Crippen molar-refractivity contribution in [3.63, 3.8) is 0 Å². The number of nitrogens with one attached hydrogen (secondary N) is 1. The largest absolute Gasteiger partial charge is 0.501 e. The molecule has 0 saturated carbocycles. The van der Waals surface area contributed by atoms with E-state index in [1.807, 2.05) is 0 Å². The predicted octanol–water partition coefficient (Wildman–Crippen LogP) is 0.601. The molecule has 0 aliphatic carbocycles. The van der Waals surface area contributed by atoms with E-state index in [0.717, 1.165) is 5.01 Å². The molecule has 2 N–H and O–H groups in total. The standard InChI is InChI=1S/C14H16N4O4S/c1-14(2)13-17-9(10(19)12(21)18(13)4-5-22-14)11(20)16-7-8-15-3-6-23-8/h3,6,19H,4-5,7H2,1-2H3,(H,16,20). The van der Waals surface area contributed by atoms with Gasteiger partial charge < -0.3 is 15.2 Å². The molecule has 122 valence electrons. The van der Waals surface area contributed by atoms with Crippen LogP contribution in [0.5, 0.6) is 5.75 Å². The normalized spacial score (nSPS) is 15.9. The minimum atomic E-state index is -0.810. The van der Waals surface area contributed by atoms with Crippen molar-refractivity contribution in [2.75, 3.05) is 6.61 Å². The van der Waals surface area contributed by atoms with Gasteiger partial charge in [0.05, 0.1) is 19.7 Å². The van der Waals surface area contributed by atoms with Crippen LogP contribution < -0.4 is 10.9 Å². The zero-order valence-electron chi connectivity index (χ0n) is 12.7. The predicted molar refractivity (Wildman–Crippen MR) is 82.4 cm³/mol. The summed E-state index contributed by atoms with van der Waals surface area (Å²) in [7, 11) is 0. The van der Waals surface area contributed by atoms with Crippen LogP contribution >= 0.6 is 11.3 Å². The lowest BCUT2D eigenvalue weighted by Gasteiger charge is -2.32. The van der Waals surface area contributed by atoms with E-state index in [2.05, 4.69) is 15.3 Å². The van der Waals surface area contributed by atoms with Crippen molar-refractivity contribution in [2.24, 2.45) is 0 Å². The van der Waals surface area contributed by atoms with Crippen LogP contribution in [0.4, 0.5) is 0 Å². The maximum Gasteiger partial charge on any atom is 0.296 e. The summed E-state index contributed by atoms with van der Waals surface area (Å²) < 4.78 is 6.94. The number of hydrogen-bond acceptors (Lipinski definition) is 7. The Morgan fingerprint density at radius 1 is 1.57 bits per heavy atom. The highest BCUT2D eigenvalue weighted by Crippen LogP contribution is 2.27. The number of ether oxygens (including phenoxy) is 1. The summed E-state index contributed by atoms with van der Waals surface area (Å²) in [4.78, 5) is 32.8. The summed E-state index contributed by atoms with van der Waals surface area (Å²) in [6.45, 7) is 4.36. The molecule has 8 nitrogen and oxygen atoms in total. The maximum absolute atomic E-state index is 12.3. The van der Waals surface area contributed by atoms with Gasteiger partial charge in [0.15, 0.2) is 5.69 Å². The number of carbonyl (C=O) groups is 1. The van der Waals surface area contributed by atoms with Gasteiger partial charge in [0.2, 0.25) is 5.75 Å². The molecular formula is C14H16N4O4S. The number of aromatic nitrogens is 3. The van der Waals surface area contributed by atoms with E-state index in [1.165, 1.54) is 15.9 Å². The SMILES string of the molecule is CC1(C)OCCn2c1nc(C(=O)NCc1nccs1)c(O)c2=O. The highest BCUT2D eigenvalue weighted by Gasteiger charge is 2.34. The molecular weight excluding hydrogens is 320 g/mol. The first-order valence-corrected chi connectivity index (χ1v) is 7.93. The second kappa shape index (κ2) is 5.74. The lowest BCUT2D eigenvalue weighted by Crippen LogP contribution is -2.42. The fourth-order valence-corrected chi connectivity index (χ4v) is 2.96. The highest BCUT2D eigenvalue weighted by molar-refractivity contribution is 7.09. The third kappa shape index (κ3) is 2.84. The van der Waals surface area contributed by atoms with Crippen molar-refractivity contribution < 1.29 is 14.6 Å². The monoisotopic (exact) mass is 336 g/mol. The minimum Gasteiger partial charge on any atom is -0.501 e. The van der Waals surface area contributed by atoms with Gasteiger partial charge in [-0.2, -0.15) is 0 Å². The quantitative estimate of drug-likeness (QED) is 0.850. The van der Waals surface area contributed by atoms with Crippen molar-refractivity contribution in [3.8, 4) is 5.75 Å². The molecule has 0 radical (unpaired) electrons. The smallest absolute Gasteiger partial charge is 0.296 e. The fraction of sp³-hybridized carbons (Fsp3) is 0.429. The molecule has 0 saturated heterocycles. The van der Waals surface area contributed by atoms with Crippen LogP contribution in [-0.4, -0.2) is 32.2 Å². The Kier molecular flexibility index (Phi) is 3.90. The van der Waals surface area contributed by atoms with Gasteiger partial charge in [0, 0.05) is 11.6 Å². The van der Waals surface area contributed by atoms with Gasteiger partial charge in [-0.05, 0) is 13.8 Å². The van der Waals surface area contributed by atoms with Crippen LogP contribution in [0.15, 0.2) is 16.4 Å². The zero-order valence-corrected chi connectivity index (χ0v) is 13.5. The molecule has 2 aromatic rings. The van der Waals surface area contributed by atoms with Gasteiger partial charge in [-0.25, -0.2) is 9.97 Å². The molecule has 0 aromatic carbocycles. The van der Waals surface area contributed by atoms with Crippen LogP contribution in [0.1, 0.15) is 35.2 Å². The third-order valence-electron chi connectivity index (χ3n) is 3.56. The summed E-state index contributed by atoms with van der Waals surface area (Å²) in [6.07, 6.45) is 1.63.